The maximum absolute atomic E-state index is 10.6. The number of carbonyl (C=O) groups is 1. The van der Waals surface area contributed by atoms with Gasteiger partial charge in [0.1, 0.15) is 0 Å². The van der Waals surface area contributed by atoms with E-state index in [1.165, 1.54) is 6.20 Å². The second kappa shape index (κ2) is 4.45. The Morgan fingerprint density at radius 2 is 2.54 bits per heavy atom. The van der Waals surface area contributed by atoms with Gasteiger partial charge in [0.15, 0.2) is 0 Å². The highest BCUT2D eigenvalue weighted by Gasteiger charge is 2.09. The average molecular weight is 180 g/mol. The lowest BCUT2D eigenvalue weighted by Gasteiger charge is -2.02. The topological polar surface area (TPSA) is 55.1 Å². The van der Waals surface area contributed by atoms with Crippen LogP contribution in [0.2, 0.25) is 0 Å². The summed E-state index contributed by atoms with van der Waals surface area (Å²) < 4.78 is 1.63. The lowest BCUT2D eigenvalue weighted by molar-refractivity contribution is 0.0678. The third-order valence-corrected chi connectivity index (χ3v) is 1.71. The van der Waals surface area contributed by atoms with Crippen LogP contribution in [0.15, 0.2) is 25.0 Å². The van der Waals surface area contributed by atoms with E-state index in [1.54, 1.807) is 10.8 Å². The number of unbranched alkanes of at least 4 members (excludes halogenated alkanes) is 1. The molecule has 0 atom stereocenters. The van der Waals surface area contributed by atoms with Crippen molar-refractivity contribution in [3.63, 3.8) is 0 Å². The van der Waals surface area contributed by atoms with Crippen LogP contribution in [0.4, 0.5) is 0 Å². The van der Waals surface area contributed by atoms with Gasteiger partial charge in [-0.2, -0.15) is 0 Å². The normalized spacial score (nSPS) is 9.85. The number of allylic oxidation sites excluding steroid dienone is 1. The summed E-state index contributed by atoms with van der Waals surface area (Å²) in [5.74, 6) is -0.882. The van der Waals surface area contributed by atoms with E-state index in [1.807, 2.05) is 6.08 Å². The van der Waals surface area contributed by atoms with E-state index in [4.69, 9.17) is 5.11 Å². The number of nitrogens with zero attached hydrogens (tertiary/aromatic N) is 2. The average Bonchev–Trinajstić information content (AvgIpc) is 2.53. The third-order valence-electron chi connectivity index (χ3n) is 1.71. The molecule has 1 aromatic rings. The summed E-state index contributed by atoms with van der Waals surface area (Å²) in [5, 5.41) is 8.71. The van der Waals surface area contributed by atoms with Crippen LogP contribution in [0.25, 0.3) is 0 Å². The molecule has 0 saturated heterocycles. The van der Waals surface area contributed by atoms with Gasteiger partial charge in [0.05, 0.1) is 0 Å². The van der Waals surface area contributed by atoms with Gasteiger partial charge in [-0.05, 0) is 12.8 Å². The fourth-order valence-corrected chi connectivity index (χ4v) is 1.09. The molecule has 0 saturated carbocycles. The fourth-order valence-electron chi connectivity index (χ4n) is 1.09. The molecule has 0 unspecified atom stereocenters. The highest BCUT2D eigenvalue weighted by molar-refractivity contribution is 5.83. The lowest BCUT2D eigenvalue weighted by Crippen LogP contribution is -2.09. The quantitative estimate of drug-likeness (QED) is 0.552. The van der Waals surface area contributed by atoms with Crippen molar-refractivity contribution in [1.29, 1.82) is 0 Å². The molecular weight excluding hydrogens is 168 g/mol. The highest BCUT2D eigenvalue weighted by Crippen LogP contribution is 2.01. The number of carboxylic acids is 1. The molecule has 1 rings (SSSR count). The van der Waals surface area contributed by atoms with E-state index >= 15 is 0 Å². The van der Waals surface area contributed by atoms with E-state index in [2.05, 4.69) is 11.6 Å². The van der Waals surface area contributed by atoms with Crippen molar-refractivity contribution in [3.05, 3.63) is 30.9 Å². The minimum absolute atomic E-state index is 0.101. The first kappa shape index (κ1) is 9.51. The first-order chi connectivity index (χ1) is 6.25. The van der Waals surface area contributed by atoms with Crippen LogP contribution in [-0.2, 0) is 6.54 Å². The molecule has 0 radical (unpaired) electrons. The molecule has 1 heterocycles. The largest absolute Gasteiger partial charge is 0.475 e. The van der Waals surface area contributed by atoms with Crippen LogP contribution in [-0.4, -0.2) is 20.6 Å². The monoisotopic (exact) mass is 180 g/mol. The summed E-state index contributed by atoms with van der Waals surface area (Å²) >= 11 is 0. The molecule has 0 aliphatic carbocycles. The molecule has 1 N–H and O–H groups in total. The number of aryl methyl sites for hydroxylation is 1. The van der Waals surface area contributed by atoms with Crippen molar-refractivity contribution in [2.24, 2.45) is 0 Å². The summed E-state index contributed by atoms with van der Waals surface area (Å²) in [6.07, 6.45) is 6.76. The van der Waals surface area contributed by atoms with Crippen molar-refractivity contribution in [1.82, 2.24) is 9.55 Å². The Kier molecular flexibility index (Phi) is 3.25. The summed E-state index contributed by atoms with van der Waals surface area (Å²) in [6.45, 7) is 4.27. The van der Waals surface area contributed by atoms with Crippen LogP contribution >= 0.6 is 0 Å². The maximum Gasteiger partial charge on any atom is 0.372 e. The Morgan fingerprint density at radius 3 is 3.15 bits per heavy atom. The Hall–Kier alpha value is -1.58. The van der Waals surface area contributed by atoms with Gasteiger partial charge < -0.3 is 9.67 Å². The van der Waals surface area contributed by atoms with Crippen molar-refractivity contribution in [2.75, 3.05) is 0 Å². The Morgan fingerprint density at radius 1 is 1.77 bits per heavy atom. The molecule has 0 bridgehead atoms. The van der Waals surface area contributed by atoms with E-state index in [0.29, 0.717) is 6.54 Å². The third kappa shape index (κ3) is 2.43. The summed E-state index contributed by atoms with van der Waals surface area (Å²) in [5.41, 5.74) is 0. The molecule has 13 heavy (non-hydrogen) atoms. The summed E-state index contributed by atoms with van der Waals surface area (Å²) in [7, 11) is 0. The minimum Gasteiger partial charge on any atom is -0.475 e. The zero-order chi connectivity index (χ0) is 9.68. The Labute approximate surface area is 76.5 Å². The van der Waals surface area contributed by atoms with Crippen LogP contribution in [0, 0.1) is 0 Å². The van der Waals surface area contributed by atoms with Crippen molar-refractivity contribution in [3.8, 4) is 0 Å². The summed E-state index contributed by atoms with van der Waals surface area (Å²) in [6, 6.07) is 0. The van der Waals surface area contributed by atoms with Gasteiger partial charge in [-0.3, -0.25) is 0 Å². The molecule has 0 aromatic carbocycles. The van der Waals surface area contributed by atoms with Crippen LogP contribution in [0.3, 0.4) is 0 Å². The van der Waals surface area contributed by atoms with Crippen molar-refractivity contribution < 1.29 is 9.90 Å². The molecule has 1 aromatic heterocycles. The molecule has 0 aliphatic heterocycles. The predicted molar refractivity (Wildman–Crippen MR) is 48.6 cm³/mol. The number of imidazole rings is 1. The molecule has 4 nitrogen and oxygen atoms in total. The molecule has 0 aliphatic rings. The molecular formula is C9H12N2O2. The number of aromatic nitrogens is 2. The second-order valence-corrected chi connectivity index (χ2v) is 2.68. The smallest absolute Gasteiger partial charge is 0.372 e. The highest BCUT2D eigenvalue weighted by atomic mass is 16.4. The van der Waals surface area contributed by atoms with Crippen LogP contribution in [0.5, 0.6) is 0 Å². The van der Waals surface area contributed by atoms with E-state index < -0.39 is 5.97 Å². The number of hydrogen-bond acceptors (Lipinski definition) is 2. The minimum atomic E-state index is -0.983. The van der Waals surface area contributed by atoms with Gasteiger partial charge in [0.2, 0.25) is 5.82 Å². The standard InChI is InChI=1S/C9H12N2O2/c1-2-3-4-6-11-7-5-10-8(11)9(12)13/h2,5,7H,1,3-4,6H2,(H,12,13). The van der Waals surface area contributed by atoms with Gasteiger partial charge >= 0.3 is 5.97 Å². The van der Waals surface area contributed by atoms with E-state index in [-0.39, 0.29) is 5.82 Å². The van der Waals surface area contributed by atoms with Gasteiger partial charge in [-0.1, -0.05) is 6.08 Å². The zero-order valence-electron chi connectivity index (χ0n) is 7.31. The predicted octanol–water partition coefficient (Wildman–Crippen LogP) is 1.55. The van der Waals surface area contributed by atoms with Crippen LogP contribution in [0.1, 0.15) is 23.5 Å². The van der Waals surface area contributed by atoms with E-state index in [0.717, 1.165) is 12.8 Å². The fraction of sp³-hybridized carbons (Fsp3) is 0.333. The molecule has 0 spiro atoms. The molecule has 0 fully saturated rings. The second-order valence-electron chi connectivity index (χ2n) is 2.68. The lowest BCUT2D eigenvalue weighted by atomic mass is 10.3. The number of hydrogen-bond donors (Lipinski definition) is 1. The number of rotatable bonds is 5. The number of aromatic carboxylic acids is 1. The first-order valence-electron chi connectivity index (χ1n) is 4.11. The molecule has 70 valence electrons. The van der Waals surface area contributed by atoms with Gasteiger partial charge in [0, 0.05) is 18.9 Å². The Balaban J connectivity index is 2.60. The maximum atomic E-state index is 10.6. The van der Waals surface area contributed by atoms with Crippen molar-refractivity contribution >= 4 is 5.97 Å². The zero-order valence-corrected chi connectivity index (χ0v) is 7.31. The molecule has 4 heteroatoms. The summed E-state index contributed by atoms with van der Waals surface area (Å²) in [4.78, 5) is 14.3. The van der Waals surface area contributed by atoms with Crippen molar-refractivity contribution in [2.45, 2.75) is 19.4 Å². The van der Waals surface area contributed by atoms with Crippen LogP contribution < -0.4 is 0 Å². The van der Waals surface area contributed by atoms with Gasteiger partial charge in [-0.15, -0.1) is 6.58 Å². The van der Waals surface area contributed by atoms with Gasteiger partial charge in [-0.25, -0.2) is 9.78 Å². The Bertz CT molecular complexity index is 304. The van der Waals surface area contributed by atoms with E-state index in [9.17, 15) is 4.79 Å². The first-order valence-corrected chi connectivity index (χ1v) is 4.11. The SMILES string of the molecule is C=CCCCn1ccnc1C(=O)O. The number of carboxylic acid groups (broad SMARTS) is 1. The van der Waals surface area contributed by atoms with Gasteiger partial charge in [0.25, 0.3) is 0 Å². The molecule has 0 amide bonds.